The molecule has 1 aromatic carbocycles. The Morgan fingerprint density at radius 3 is 2.45 bits per heavy atom. The van der Waals surface area contributed by atoms with Crippen LogP contribution in [-0.4, -0.2) is 41.5 Å². The Morgan fingerprint density at radius 2 is 1.86 bits per heavy atom. The van der Waals surface area contributed by atoms with Crippen molar-refractivity contribution in [1.29, 1.82) is 0 Å². The molecule has 3 atom stereocenters. The normalized spacial score (nSPS) is 25.8. The molecular formula is C17H17F4NO5S2. The summed E-state index contributed by atoms with van der Waals surface area (Å²) in [6.45, 7) is 1.01. The molecule has 0 aromatic heterocycles. The van der Waals surface area contributed by atoms with E-state index in [0.717, 1.165) is 24.3 Å². The van der Waals surface area contributed by atoms with Crippen LogP contribution in [0.4, 0.5) is 17.6 Å². The maximum Gasteiger partial charge on any atom is 0.523 e. The van der Waals surface area contributed by atoms with Crippen molar-refractivity contribution in [2.75, 3.05) is 13.1 Å². The van der Waals surface area contributed by atoms with Gasteiger partial charge in [-0.05, 0) is 55.8 Å². The minimum absolute atomic E-state index is 0.241. The highest BCUT2D eigenvalue weighted by atomic mass is 32.2. The standard InChI is InChI=1S/C17H17F4NO5S2/c18-12-2-1-3-13(8-12)28(23,24)14-4-5-15(11-6-7-22-10-11)16(9-14)27-29(25,26)17(19,20)21/h1-5,8-9,11,15-16,22H,6-7,10H2. The average molecular weight is 455 g/mol. The van der Waals surface area contributed by atoms with E-state index in [9.17, 15) is 34.4 Å². The smallest absolute Gasteiger partial charge is 0.316 e. The number of allylic oxidation sites excluding steroid dienone is 1. The van der Waals surface area contributed by atoms with E-state index in [1.165, 1.54) is 18.2 Å². The SMILES string of the molecule is O=S(=O)(C1=CC(OS(=O)(=O)C(F)(F)F)C(C2CCNC2)C=C1)c1cccc(F)c1. The maximum absolute atomic E-state index is 13.4. The van der Waals surface area contributed by atoms with Crippen molar-refractivity contribution >= 4 is 20.0 Å². The molecule has 0 bridgehead atoms. The van der Waals surface area contributed by atoms with Crippen molar-refractivity contribution in [3.63, 3.8) is 0 Å². The zero-order chi connectivity index (χ0) is 21.4. The van der Waals surface area contributed by atoms with Gasteiger partial charge in [0, 0.05) is 5.92 Å². The molecular weight excluding hydrogens is 438 g/mol. The van der Waals surface area contributed by atoms with E-state index in [1.54, 1.807) is 0 Å². The van der Waals surface area contributed by atoms with E-state index in [4.69, 9.17) is 0 Å². The van der Waals surface area contributed by atoms with Gasteiger partial charge in [-0.1, -0.05) is 12.1 Å². The highest BCUT2D eigenvalue weighted by Crippen LogP contribution is 2.36. The van der Waals surface area contributed by atoms with Gasteiger partial charge in [-0.3, -0.25) is 4.18 Å². The van der Waals surface area contributed by atoms with Crippen molar-refractivity contribution in [2.24, 2.45) is 11.8 Å². The molecule has 1 aliphatic carbocycles. The number of nitrogens with one attached hydrogen (secondary N) is 1. The third-order valence-electron chi connectivity index (χ3n) is 4.77. The Kier molecular flexibility index (Phi) is 5.91. The van der Waals surface area contributed by atoms with Gasteiger partial charge >= 0.3 is 15.6 Å². The van der Waals surface area contributed by atoms with Crippen molar-refractivity contribution < 1.29 is 38.6 Å². The molecule has 1 N–H and O–H groups in total. The molecule has 6 nitrogen and oxygen atoms in total. The van der Waals surface area contributed by atoms with Crippen molar-refractivity contribution in [2.45, 2.75) is 22.9 Å². The summed E-state index contributed by atoms with van der Waals surface area (Å²) in [4.78, 5) is -0.875. The second-order valence-electron chi connectivity index (χ2n) is 6.68. The molecule has 3 rings (SSSR count). The van der Waals surface area contributed by atoms with Gasteiger partial charge in [0.2, 0.25) is 9.84 Å². The fourth-order valence-corrected chi connectivity index (χ4v) is 5.27. The highest BCUT2D eigenvalue weighted by molar-refractivity contribution is 7.95. The Morgan fingerprint density at radius 1 is 1.14 bits per heavy atom. The van der Waals surface area contributed by atoms with Gasteiger partial charge in [-0.15, -0.1) is 0 Å². The first-order valence-corrected chi connectivity index (χ1v) is 11.4. The van der Waals surface area contributed by atoms with Gasteiger partial charge in [0.15, 0.2) is 0 Å². The summed E-state index contributed by atoms with van der Waals surface area (Å²) >= 11 is 0. The molecule has 3 unspecified atom stereocenters. The lowest BCUT2D eigenvalue weighted by Gasteiger charge is -2.29. The van der Waals surface area contributed by atoms with E-state index < -0.39 is 53.1 Å². The number of hydrogen-bond acceptors (Lipinski definition) is 6. The molecule has 1 aliphatic heterocycles. The van der Waals surface area contributed by atoms with Gasteiger partial charge in [-0.2, -0.15) is 21.6 Å². The molecule has 0 spiro atoms. The van der Waals surface area contributed by atoms with Gasteiger partial charge in [0.25, 0.3) is 0 Å². The Labute approximate surface area is 165 Å². The maximum atomic E-state index is 13.4. The van der Waals surface area contributed by atoms with Crippen molar-refractivity contribution in [1.82, 2.24) is 5.32 Å². The number of hydrogen-bond donors (Lipinski definition) is 1. The molecule has 1 aromatic rings. The number of halogens is 4. The van der Waals surface area contributed by atoms with Gasteiger partial charge < -0.3 is 5.32 Å². The van der Waals surface area contributed by atoms with Crippen LogP contribution in [0.15, 0.2) is 52.3 Å². The predicted molar refractivity (Wildman–Crippen MR) is 95.1 cm³/mol. The quantitative estimate of drug-likeness (QED) is 0.417. The fourth-order valence-electron chi connectivity index (χ4n) is 3.32. The summed E-state index contributed by atoms with van der Waals surface area (Å²) in [6.07, 6.45) is 2.24. The van der Waals surface area contributed by atoms with Crippen molar-refractivity contribution in [3.05, 3.63) is 53.2 Å². The summed E-state index contributed by atoms with van der Waals surface area (Å²) in [5, 5.41) is 3.02. The minimum atomic E-state index is -5.95. The van der Waals surface area contributed by atoms with Crippen LogP contribution in [0.5, 0.6) is 0 Å². The monoisotopic (exact) mass is 455 g/mol. The van der Waals surface area contributed by atoms with Crippen LogP contribution >= 0.6 is 0 Å². The summed E-state index contributed by atoms with van der Waals surface area (Å²) in [5.41, 5.74) is -5.65. The van der Waals surface area contributed by atoms with Crippen molar-refractivity contribution in [3.8, 4) is 0 Å². The Balaban J connectivity index is 2.00. The minimum Gasteiger partial charge on any atom is -0.316 e. The molecule has 0 radical (unpaired) electrons. The van der Waals surface area contributed by atoms with Gasteiger partial charge in [-0.25, -0.2) is 12.8 Å². The van der Waals surface area contributed by atoms with Crippen LogP contribution in [-0.2, 0) is 24.1 Å². The highest BCUT2D eigenvalue weighted by Gasteiger charge is 2.50. The number of benzene rings is 1. The summed E-state index contributed by atoms with van der Waals surface area (Å²) in [6, 6.07) is 4.10. The van der Waals surface area contributed by atoms with E-state index in [-0.39, 0.29) is 5.92 Å². The van der Waals surface area contributed by atoms with Crippen LogP contribution in [0.3, 0.4) is 0 Å². The summed E-state index contributed by atoms with van der Waals surface area (Å²) in [7, 11) is -10.2. The zero-order valence-corrected chi connectivity index (χ0v) is 16.4. The molecule has 29 heavy (non-hydrogen) atoms. The third-order valence-corrected chi connectivity index (χ3v) is 7.58. The second kappa shape index (κ2) is 7.82. The van der Waals surface area contributed by atoms with Crippen LogP contribution in [0.2, 0.25) is 0 Å². The molecule has 0 amide bonds. The van der Waals surface area contributed by atoms with Crippen LogP contribution in [0.25, 0.3) is 0 Å². The second-order valence-corrected chi connectivity index (χ2v) is 10.2. The lowest BCUT2D eigenvalue weighted by atomic mass is 9.84. The molecule has 160 valence electrons. The van der Waals surface area contributed by atoms with E-state index in [1.807, 2.05) is 0 Å². The Bertz CT molecular complexity index is 1040. The molecule has 2 aliphatic rings. The van der Waals surface area contributed by atoms with Gasteiger partial charge in [0.1, 0.15) is 11.9 Å². The molecule has 1 heterocycles. The molecule has 12 heteroatoms. The lowest BCUT2D eigenvalue weighted by Crippen LogP contribution is -2.37. The lowest BCUT2D eigenvalue weighted by molar-refractivity contribution is -0.0576. The average Bonchev–Trinajstić information content (AvgIpc) is 3.14. The summed E-state index contributed by atoms with van der Waals surface area (Å²) in [5.74, 6) is -1.84. The first kappa shape index (κ1) is 21.9. The van der Waals surface area contributed by atoms with Crippen LogP contribution < -0.4 is 5.32 Å². The van der Waals surface area contributed by atoms with E-state index in [0.29, 0.717) is 19.5 Å². The Hall–Kier alpha value is -1.76. The van der Waals surface area contributed by atoms with E-state index >= 15 is 0 Å². The topological polar surface area (TPSA) is 89.5 Å². The fraction of sp³-hybridized carbons (Fsp3) is 0.412. The number of rotatable bonds is 5. The summed E-state index contributed by atoms with van der Waals surface area (Å²) < 4.78 is 105. The first-order chi connectivity index (χ1) is 13.4. The molecule has 0 saturated carbocycles. The largest absolute Gasteiger partial charge is 0.523 e. The number of sulfone groups is 1. The third kappa shape index (κ3) is 4.55. The van der Waals surface area contributed by atoms with Crippen LogP contribution in [0.1, 0.15) is 6.42 Å². The number of alkyl halides is 3. The van der Waals surface area contributed by atoms with Gasteiger partial charge in [0.05, 0.1) is 9.80 Å². The predicted octanol–water partition coefficient (Wildman–Crippen LogP) is 2.51. The molecule has 1 saturated heterocycles. The first-order valence-electron chi connectivity index (χ1n) is 8.53. The van der Waals surface area contributed by atoms with Crippen LogP contribution in [0, 0.1) is 17.7 Å². The molecule has 1 fully saturated rings. The zero-order valence-electron chi connectivity index (χ0n) is 14.8. The van der Waals surface area contributed by atoms with E-state index in [2.05, 4.69) is 9.50 Å².